The van der Waals surface area contributed by atoms with Crippen LogP contribution in [0.1, 0.15) is 6.42 Å². The van der Waals surface area contributed by atoms with Crippen LogP contribution in [0.3, 0.4) is 0 Å². The van der Waals surface area contributed by atoms with Crippen molar-refractivity contribution in [3.05, 3.63) is 18.2 Å². The van der Waals surface area contributed by atoms with E-state index in [-0.39, 0.29) is 16.7 Å². The van der Waals surface area contributed by atoms with Crippen molar-refractivity contribution in [2.24, 2.45) is 5.73 Å². The van der Waals surface area contributed by atoms with Crippen molar-refractivity contribution in [2.75, 3.05) is 27.3 Å². The Morgan fingerprint density at radius 3 is 2.58 bits per heavy atom. The van der Waals surface area contributed by atoms with E-state index in [4.69, 9.17) is 15.2 Å². The van der Waals surface area contributed by atoms with Gasteiger partial charge in [0, 0.05) is 25.2 Å². The molecule has 1 fully saturated rings. The average Bonchev–Trinajstić information content (AvgIpc) is 2.85. The lowest BCUT2D eigenvalue weighted by atomic mass is 10.3. The largest absolute Gasteiger partial charge is 0.497 e. The maximum atomic E-state index is 12.5. The van der Waals surface area contributed by atoms with E-state index in [9.17, 15) is 8.42 Å². The molecule has 0 aliphatic carbocycles. The summed E-state index contributed by atoms with van der Waals surface area (Å²) in [5, 5.41) is 0. The molecule has 7 heteroatoms. The molecule has 1 aliphatic rings. The molecule has 19 heavy (non-hydrogen) atoms. The number of methoxy groups -OCH3 is 2. The molecule has 2 N–H and O–H groups in total. The zero-order valence-corrected chi connectivity index (χ0v) is 11.8. The minimum Gasteiger partial charge on any atom is -0.497 e. The number of benzene rings is 1. The fraction of sp³-hybridized carbons (Fsp3) is 0.500. The van der Waals surface area contributed by atoms with Crippen LogP contribution in [0.5, 0.6) is 11.5 Å². The number of nitrogens with zero attached hydrogens (tertiary/aromatic N) is 1. The number of hydrogen-bond acceptors (Lipinski definition) is 5. The van der Waals surface area contributed by atoms with Crippen LogP contribution < -0.4 is 15.2 Å². The fourth-order valence-corrected chi connectivity index (χ4v) is 3.75. The Morgan fingerprint density at radius 2 is 2.05 bits per heavy atom. The molecule has 106 valence electrons. The summed E-state index contributed by atoms with van der Waals surface area (Å²) in [4.78, 5) is 0.143. The third-order valence-corrected chi connectivity index (χ3v) is 5.08. The van der Waals surface area contributed by atoms with E-state index in [0.29, 0.717) is 25.3 Å². The van der Waals surface area contributed by atoms with E-state index >= 15 is 0 Å². The van der Waals surface area contributed by atoms with E-state index in [0.717, 1.165) is 0 Å². The van der Waals surface area contributed by atoms with E-state index in [1.165, 1.54) is 24.6 Å². The van der Waals surface area contributed by atoms with Gasteiger partial charge in [-0.3, -0.25) is 0 Å². The van der Waals surface area contributed by atoms with Crippen LogP contribution in [0.2, 0.25) is 0 Å². The third-order valence-electron chi connectivity index (χ3n) is 3.18. The molecule has 0 radical (unpaired) electrons. The average molecular weight is 286 g/mol. The first-order valence-corrected chi connectivity index (χ1v) is 7.41. The minimum atomic E-state index is -3.57. The van der Waals surface area contributed by atoms with Gasteiger partial charge in [-0.25, -0.2) is 8.42 Å². The molecule has 1 aromatic rings. The van der Waals surface area contributed by atoms with Gasteiger partial charge in [-0.05, 0) is 18.6 Å². The fourth-order valence-electron chi connectivity index (χ4n) is 2.10. The topological polar surface area (TPSA) is 81.9 Å². The molecule has 0 bridgehead atoms. The van der Waals surface area contributed by atoms with Crippen molar-refractivity contribution in [2.45, 2.75) is 17.4 Å². The summed E-state index contributed by atoms with van der Waals surface area (Å²) < 4.78 is 36.6. The molecule has 0 unspecified atom stereocenters. The van der Waals surface area contributed by atoms with Crippen LogP contribution in [-0.4, -0.2) is 46.1 Å². The second kappa shape index (κ2) is 5.36. The van der Waals surface area contributed by atoms with Gasteiger partial charge in [0.2, 0.25) is 10.0 Å². The van der Waals surface area contributed by atoms with Gasteiger partial charge in [-0.2, -0.15) is 4.31 Å². The van der Waals surface area contributed by atoms with Gasteiger partial charge in [0.05, 0.1) is 14.2 Å². The maximum Gasteiger partial charge on any atom is 0.246 e. The highest BCUT2D eigenvalue weighted by molar-refractivity contribution is 7.89. The summed E-state index contributed by atoms with van der Waals surface area (Å²) in [6.07, 6.45) is 0.678. The molecule has 0 spiro atoms. The molecular weight excluding hydrogens is 268 g/mol. The Kier molecular flexibility index (Phi) is 3.98. The Hall–Kier alpha value is -1.31. The first kappa shape index (κ1) is 14.1. The van der Waals surface area contributed by atoms with Gasteiger partial charge in [-0.1, -0.05) is 0 Å². The lowest BCUT2D eigenvalue weighted by molar-refractivity contribution is 0.383. The first-order valence-electron chi connectivity index (χ1n) is 5.97. The Bertz CT molecular complexity index is 559. The summed E-state index contributed by atoms with van der Waals surface area (Å²) in [6.45, 7) is 0.788. The molecule has 6 nitrogen and oxygen atoms in total. The molecule has 1 aliphatic heterocycles. The standard InChI is InChI=1S/C12H18N2O4S/c1-17-10-3-4-12(11(7-10)18-2)19(15,16)14-6-5-9(13)8-14/h3-4,7,9H,5-6,8,13H2,1-2H3/t9-/m1/s1. The van der Waals surface area contributed by atoms with Gasteiger partial charge >= 0.3 is 0 Å². The summed E-state index contributed by atoms with van der Waals surface area (Å²) in [5.41, 5.74) is 5.76. The van der Waals surface area contributed by atoms with Crippen LogP contribution in [0.15, 0.2) is 23.1 Å². The van der Waals surface area contributed by atoms with E-state index in [1.807, 2.05) is 0 Å². The third kappa shape index (κ3) is 2.68. The van der Waals surface area contributed by atoms with Crippen molar-refractivity contribution in [1.29, 1.82) is 0 Å². The van der Waals surface area contributed by atoms with Gasteiger partial charge in [0.15, 0.2) is 0 Å². The Morgan fingerprint density at radius 1 is 1.32 bits per heavy atom. The van der Waals surface area contributed by atoms with Crippen molar-refractivity contribution < 1.29 is 17.9 Å². The number of sulfonamides is 1. The summed E-state index contributed by atoms with van der Waals surface area (Å²) in [6, 6.07) is 4.56. The molecule has 0 saturated carbocycles. The molecule has 1 saturated heterocycles. The van der Waals surface area contributed by atoms with Gasteiger partial charge in [0.1, 0.15) is 16.4 Å². The number of rotatable bonds is 4. The van der Waals surface area contributed by atoms with Crippen molar-refractivity contribution in [3.8, 4) is 11.5 Å². The second-order valence-corrected chi connectivity index (χ2v) is 6.33. The van der Waals surface area contributed by atoms with E-state index in [2.05, 4.69) is 0 Å². The summed E-state index contributed by atoms with van der Waals surface area (Å²) >= 11 is 0. The summed E-state index contributed by atoms with van der Waals surface area (Å²) in [5.74, 6) is 0.828. The van der Waals surface area contributed by atoms with Crippen LogP contribution in [-0.2, 0) is 10.0 Å². The quantitative estimate of drug-likeness (QED) is 0.867. The highest BCUT2D eigenvalue weighted by Crippen LogP contribution is 2.31. The minimum absolute atomic E-state index is 0.0981. The molecule has 1 aromatic carbocycles. The molecule has 2 rings (SSSR count). The van der Waals surface area contributed by atoms with Gasteiger partial charge in [-0.15, -0.1) is 0 Å². The first-order chi connectivity index (χ1) is 8.98. The molecule has 0 aromatic heterocycles. The highest BCUT2D eigenvalue weighted by atomic mass is 32.2. The predicted octanol–water partition coefficient (Wildman–Crippen LogP) is 0.426. The SMILES string of the molecule is COc1ccc(S(=O)(=O)N2CC[C@@H](N)C2)c(OC)c1. The number of nitrogens with two attached hydrogens (primary N) is 1. The van der Waals surface area contributed by atoms with Crippen molar-refractivity contribution in [1.82, 2.24) is 4.31 Å². The zero-order chi connectivity index (χ0) is 14.0. The number of ether oxygens (including phenoxy) is 2. The lowest BCUT2D eigenvalue weighted by Crippen LogP contribution is -2.32. The monoisotopic (exact) mass is 286 g/mol. The zero-order valence-electron chi connectivity index (χ0n) is 11.0. The molecular formula is C12H18N2O4S. The van der Waals surface area contributed by atoms with Gasteiger partial charge < -0.3 is 15.2 Å². The molecule has 1 heterocycles. The normalized spacial score (nSPS) is 20.5. The smallest absolute Gasteiger partial charge is 0.246 e. The Balaban J connectivity index is 2.40. The van der Waals surface area contributed by atoms with Crippen molar-refractivity contribution >= 4 is 10.0 Å². The maximum absolute atomic E-state index is 12.5. The van der Waals surface area contributed by atoms with E-state index < -0.39 is 10.0 Å². The predicted molar refractivity (Wildman–Crippen MR) is 70.9 cm³/mol. The van der Waals surface area contributed by atoms with Crippen LogP contribution in [0, 0.1) is 0 Å². The highest BCUT2D eigenvalue weighted by Gasteiger charge is 2.33. The van der Waals surface area contributed by atoms with Gasteiger partial charge in [0.25, 0.3) is 0 Å². The van der Waals surface area contributed by atoms with E-state index in [1.54, 1.807) is 12.1 Å². The number of hydrogen-bond donors (Lipinski definition) is 1. The lowest BCUT2D eigenvalue weighted by Gasteiger charge is -2.18. The second-order valence-electron chi connectivity index (χ2n) is 4.43. The van der Waals surface area contributed by atoms with Crippen LogP contribution in [0.4, 0.5) is 0 Å². The Labute approximate surface area is 113 Å². The molecule has 1 atom stereocenters. The summed E-state index contributed by atoms with van der Waals surface area (Å²) in [7, 11) is -0.616. The van der Waals surface area contributed by atoms with Crippen LogP contribution >= 0.6 is 0 Å². The van der Waals surface area contributed by atoms with Crippen LogP contribution in [0.25, 0.3) is 0 Å². The molecule has 0 amide bonds. The van der Waals surface area contributed by atoms with Crippen molar-refractivity contribution in [3.63, 3.8) is 0 Å².